The third kappa shape index (κ3) is 2.20. The fourth-order valence-corrected chi connectivity index (χ4v) is 2.07. The smallest absolute Gasteiger partial charge is 0.225 e. The van der Waals surface area contributed by atoms with Crippen molar-refractivity contribution >= 4 is 5.91 Å². The largest absolute Gasteiger partial charge is 0.342 e. The molecule has 1 aromatic heterocycles. The molecule has 0 bridgehead atoms. The molecular formula is C10H17N5O. The molecule has 2 rings (SSSR count). The number of nitrogens with one attached hydrogen (secondary N) is 1. The minimum absolute atomic E-state index is 0.0849. The SMILES string of the molecule is CC(C)C(=O)N1CCC(c2nn[nH]n2)CC1. The molecule has 6 nitrogen and oxygen atoms in total. The minimum atomic E-state index is 0.0849. The minimum Gasteiger partial charge on any atom is -0.342 e. The third-order valence-electron chi connectivity index (χ3n) is 3.03. The van der Waals surface area contributed by atoms with Gasteiger partial charge in [0.15, 0.2) is 5.82 Å². The first kappa shape index (κ1) is 11.0. The number of carbonyl (C=O) groups excluding carboxylic acids is 1. The van der Waals surface area contributed by atoms with Crippen LogP contribution in [0.3, 0.4) is 0 Å². The Morgan fingerprint density at radius 2 is 2.12 bits per heavy atom. The standard InChI is InChI=1S/C10H17N5O/c1-7(2)10(16)15-5-3-8(4-6-15)9-11-13-14-12-9/h7-8H,3-6H2,1-2H3,(H,11,12,13,14). The Morgan fingerprint density at radius 3 is 2.62 bits per heavy atom. The van der Waals surface area contributed by atoms with Gasteiger partial charge < -0.3 is 4.90 Å². The van der Waals surface area contributed by atoms with Crippen LogP contribution in [0, 0.1) is 5.92 Å². The summed E-state index contributed by atoms with van der Waals surface area (Å²) in [6, 6.07) is 0. The number of aromatic amines is 1. The summed E-state index contributed by atoms with van der Waals surface area (Å²) in [7, 11) is 0. The molecule has 1 saturated heterocycles. The molecule has 6 heteroatoms. The first-order valence-corrected chi connectivity index (χ1v) is 5.70. The summed E-state index contributed by atoms with van der Waals surface area (Å²) < 4.78 is 0. The van der Waals surface area contributed by atoms with Crippen molar-refractivity contribution in [2.75, 3.05) is 13.1 Å². The number of likely N-dealkylation sites (tertiary alicyclic amines) is 1. The predicted octanol–water partition coefficient (Wildman–Crippen LogP) is 0.562. The lowest BCUT2D eigenvalue weighted by Crippen LogP contribution is -2.40. The van der Waals surface area contributed by atoms with Crippen molar-refractivity contribution in [2.45, 2.75) is 32.6 Å². The molecular weight excluding hydrogens is 206 g/mol. The van der Waals surface area contributed by atoms with Gasteiger partial charge in [-0.3, -0.25) is 4.79 Å². The molecule has 1 aliphatic heterocycles. The molecule has 0 aliphatic carbocycles. The summed E-state index contributed by atoms with van der Waals surface area (Å²) >= 11 is 0. The molecule has 1 N–H and O–H groups in total. The average Bonchev–Trinajstić information content (AvgIpc) is 2.81. The molecule has 1 fully saturated rings. The van der Waals surface area contributed by atoms with Crippen molar-refractivity contribution in [3.8, 4) is 0 Å². The number of carbonyl (C=O) groups is 1. The summed E-state index contributed by atoms with van der Waals surface area (Å²) in [6.45, 7) is 5.48. The molecule has 2 heterocycles. The lowest BCUT2D eigenvalue weighted by molar-refractivity contribution is -0.135. The number of amides is 1. The van der Waals surface area contributed by atoms with Crippen LogP contribution in [0.15, 0.2) is 0 Å². The van der Waals surface area contributed by atoms with Crippen molar-refractivity contribution in [2.24, 2.45) is 5.92 Å². The number of rotatable bonds is 2. The number of piperidine rings is 1. The molecule has 0 spiro atoms. The number of H-pyrrole nitrogens is 1. The summed E-state index contributed by atoms with van der Waals surface area (Å²) in [6.07, 6.45) is 1.86. The lowest BCUT2D eigenvalue weighted by Gasteiger charge is -2.31. The summed E-state index contributed by atoms with van der Waals surface area (Å²) in [5, 5.41) is 14.0. The fraction of sp³-hybridized carbons (Fsp3) is 0.800. The number of hydrogen-bond donors (Lipinski definition) is 1. The van der Waals surface area contributed by atoms with E-state index < -0.39 is 0 Å². The van der Waals surface area contributed by atoms with Gasteiger partial charge >= 0.3 is 0 Å². The Morgan fingerprint density at radius 1 is 1.44 bits per heavy atom. The van der Waals surface area contributed by atoms with E-state index in [0.29, 0.717) is 5.92 Å². The number of tetrazole rings is 1. The van der Waals surface area contributed by atoms with E-state index in [1.54, 1.807) is 0 Å². The van der Waals surface area contributed by atoms with E-state index in [1.165, 1.54) is 0 Å². The van der Waals surface area contributed by atoms with Crippen molar-refractivity contribution < 1.29 is 4.79 Å². The van der Waals surface area contributed by atoms with E-state index in [1.807, 2.05) is 18.7 Å². The monoisotopic (exact) mass is 223 g/mol. The molecule has 0 aromatic carbocycles. The van der Waals surface area contributed by atoms with Crippen LogP contribution < -0.4 is 0 Å². The summed E-state index contributed by atoms with van der Waals surface area (Å²) in [4.78, 5) is 13.7. The van der Waals surface area contributed by atoms with Gasteiger partial charge in [0.1, 0.15) is 0 Å². The van der Waals surface area contributed by atoms with Crippen molar-refractivity contribution in [3.05, 3.63) is 5.82 Å². The van der Waals surface area contributed by atoms with Gasteiger partial charge in [0.25, 0.3) is 0 Å². The van der Waals surface area contributed by atoms with Crippen LogP contribution in [-0.4, -0.2) is 44.5 Å². The maximum atomic E-state index is 11.8. The Hall–Kier alpha value is -1.46. The second-order valence-corrected chi connectivity index (χ2v) is 4.52. The predicted molar refractivity (Wildman–Crippen MR) is 57.6 cm³/mol. The van der Waals surface area contributed by atoms with E-state index in [-0.39, 0.29) is 11.8 Å². The molecule has 0 radical (unpaired) electrons. The zero-order chi connectivity index (χ0) is 11.5. The van der Waals surface area contributed by atoms with Gasteiger partial charge in [-0.15, -0.1) is 10.2 Å². The molecule has 0 atom stereocenters. The van der Waals surface area contributed by atoms with Crippen LogP contribution in [0.25, 0.3) is 0 Å². The second-order valence-electron chi connectivity index (χ2n) is 4.52. The topological polar surface area (TPSA) is 74.8 Å². The van der Waals surface area contributed by atoms with Crippen molar-refractivity contribution in [3.63, 3.8) is 0 Å². The summed E-state index contributed by atoms with van der Waals surface area (Å²) in [5.41, 5.74) is 0. The van der Waals surface area contributed by atoms with Gasteiger partial charge in [0.2, 0.25) is 5.91 Å². The van der Waals surface area contributed by atoms with E-state index in [4.69, 9.17) is 0 Å². The van der Waals surface area contributed by atoms with Crippen LogP contribution >= 0.6 is 0 Å². The summed E-state index contributed by atoms with van der Waals surface area (Å²) in [5.74, 6) is 1.44. The molecule has 1 amide bonds. The number of nitrogens with zero attached hydrogens (tertiary/aromatic N) is 4. The zero-order valence-corrected chi connectivity index (χ0v) is 9.68. The van der Waals surface area contributed by atoms with E-state index in [9.17, 15) is 4.79 Å². The van der Waals surface area contributed by atoms with E-state index in [2.05, 4.69) is 20.6 Å². The number of aromatic nitrogens is 4. The van der Waals surface area contributed by atoms with Crippen LogP contribution in [0.5, 0.6) is 0 Å². The highest BCUT2D eigenvalue weighted by Crippen LogP contribution is 2.25. The van der Waals surface area contributed by atoms with Gasteiger partial charge in [-0.25, -0.2) is 0 Å². The molecule has 1 aliphatic rings. The van der Waals surface area contributed by atoms with E-state index >= 15 is 0 Å². The third-order valence-corrected chi connectivity index (χ3v) is 3.03. The maximum absolute atomic E-state index is 11.8. The lowest BCUT2D eigenvalue weighted by atomic mass is 9.95. The molecule has 1 aromatic rings. The van der Waals surface area contributed by atoms with Gasteiger partial charge in [0.05, 0.1) is 0 Å². The number of hydrogen-bond acceptors (Lipinski definition) is 4. The van der Waals surface area contributed by atoms with E-state index in [0.717, 1.165) is 31.8 Å². The van der Waals surface area contributed by atoms with Crippen LogP contribution in [0.4, 0.5) is 0 Å². The van der Waals surface area contributed by atoms with Gasteiger partial charge in [-0.2, -0.15) is 5.21 Å². The highest BCUT2D eigenvalue weighted by atomic mass is 16.2. The fourth-order valence-electron chi connectivity index (χ4n) is 2.07. The van der Waals surface area contributed by atoms with Crippen LogP contribution in [0.1, 0.15) is 38.4 Å². The van der Waals surface area contributed by atoms with Gasteiger partial charge in [-0.05, 0) is 12.8 Å². The first-order chi connectivity index (χ1) is 7.68. The average molecular weight is 223 g/mol. The molecule has 0 unspecified atom stereocenters. The van der Waals surface area contributed by atoms with Gasteiger partial charge in [0, 0.05) is 24.9 Å². The highest BCUT2D eigenvalue weighted by Gasteiger charge is 2.26. The molecule has 0 saturated carbocycles. The van der Waals surface area contributed by atoms with Crippen molar-refractivity contribution in [1.82, 2.24) is 25.5 Å². The maximum Gasteiger partial charge on any atom is 0.225 e. The Labute approximate surface area is 94.4 Å². The second kappa shape index (κ2) is 4.59. The van der Waals surface area contributed by atoms with Crippen LogP contribution in [-0.2, 0) is 4.79 Å². The zero-order valence-electron chi connectivity index (χ0n) is 9.68. The Balaban J connectivity index is 1.90. The first-order valence-electron chi connectivity index (χ1n) is 5.70. The highest BCUT2D eigenvalue weighted by molar-refractivity contribution is 5.78. The molecule has 88 valence electrons. The quantitative estimate of drug-likeness (QED) is 0.795. The molecule has 16 heavy (non-hydrogen) atoms. The van der Waals surface area contributed by atoms with Gasteiger partial charge in [-0.1, -0.05) is 19.1 Å². The Kier molecular flexibility index (Phi) is 3.17. The van der Waals surface area contributed by atoms with Crippen molar-refractivity contribution in [1.29, 1.82) is 0 Å². The normalized spacial score (nSPS) is 18.1. The van der Waals surface area contributed by atoms with Crippen LogP contribution in [0.2, 0.25) is 0 Å². The Bertz CT molecular complexity index is 340.